The predicted octanol–water partition coefficient (Wildman–Crippen LogP) is 1.44. The van der Waals surface area contributed by atoms with Crippen LogP contribution in [0.4, 0.5) is 0 Å². The molecular formula is C9H11ClN4. The fourth-order valence-corrected chi connectivity index (χ4v) is 1.46. The molecule has 0 bridgehead atoms. The Bertz CT molecular complexity index is 449. The Morgan fingerprint density at radius 3 is 2.93 bits per heavy atom. The summed E-state index contributed by atoms with van der Waals surface area (Å²) in [5, 5.41) is 8.81. The van der Waals surface area contributed by atoms with Gasteiger partial charge in [-0.1, -0.05) is 11.6 Å². The zero-order valence-electron chi connectivity index (χ0n) is 8.11. The van der Waals surface area contributed by atoms with Crippen LogP contribution in [0.15, 0.2) is 18.3 Å². The van der Waals surface area contributed by atoms with E-state index in [4.69, 9.17) is 11.6 Å². The van der Waals surface area contributed by atoms with Gasteiger partial charge in [0.15, 0.2) is 11.5 Å². The normalized spacial score (nSPS) is 11.4. The Morgan fingerprint density at radius 2 is 2.21 bits per heavy atom. The second kappa shape index (κ2) is 3.55. The van der Waals surface area contributed by atoms with E-state index in [0.717, 1.165) is 18.0 Å². The predicted molar refractivity (Wildman–Crippen MR) is 55.4 cm³/mol. The summed E-state index contributed by atoms with van der Waals surface area (Å²) in [5.41, 5.74) is 0.786. The Morgan fingerprint density at radius 1 is 1.43 bits per heavy atom. The fraction of sp³-hybridized carbons (Fsp3) is 0.333. The van der Waals surface area contributed by atoms with Crippen LogP contribution in [-0.2, 0) is 6.54 Å². The summed E-state index contributed by atoms with van der Waals surface area (Å²) in [6.07, 6.45) is 1.89. The standard InChI is InChI=1S/C9H11ClN4/c1-13(2)6-9-12-11-8-5-7(10)3-4-14(8)9/h3-5H,6H2,1-2H3. The van der Waals surface area contributed by atoms with Crippen LogP contribution in [0.5, 0.6) is 0 Å². The van der Waals surface area contributed by atoms with Gasteiger partial charge in [-0.25, -0.2) is 0 Å². The molecule has 0 aromatic carbocycles. The minimum Gasteiger partial charge on any atom is -0.302 e. The molecule has 0 saturated carbocycles. The fourth-order valence-electron chi connectivity index (χ4n) is 1.31. The minimum absolute atomic E-state index is 0.682. The highest BCUT2D eigenvalue weighted by molar-refractivity contribution is 6.30. The molecule has 2 aromatic heterocycles. The third kappa shape index (κ3) is 1.71. The summed E-state index contributed by atoms with van der Waals surface area (Å²) in [5.74, 6) is 0.918. The molecular weight excluding hydrogens is 200 g/mol. The van der Waals surface area contributed by atoms with E-state index < -0.39 is 0 Å². The molecule has 2 heterocycles. The van der Waals surface area contributed by atoms with Crippen LogP contribution in [0, 0.1) is 0 Å². The van der Waals surface area contributed by atoms with E-state index >= 15 is 0 Å². The highest BCUT2D eigenvalue weighted by Crippen LogP contribution is 2.12. The van der Waals surface area contributed by atoms with Gasteiger partial charge in [0, 0.05) is 17.3 Å². The van der Waals surface area contributed by atoms with Gasteiger partial charge in [0.25, 0.3) is 0 Å². The average Bonchev–Trinajstić information content (AvgIpc) is 2.47. The number of nitrogens with zero attached hydrogens (tertiary/aromatic N) is 4. The summed E-state index contributed by atoms with van der Waals surface area (Å²) in [6.45, 7) is 0.767. The maximum absolute atomic E-state index is 5.84. The summed E-state index contributed by atoms with van der Waals surface area (Å²) in [6, 6.07) is 3.63. The van der Waals surface area contributed by atoms with Crippen molar-refractivity contribution in [3.8, 4) is 0 Å². The van der Waals surface area contributed by atoms with E-state index in [9.17, 15) is 0 Å². The van der Waals surface area contributed by atoms with Crippen LogP contribution < -0.4 is 0 Å². The Labute approximate surface area is 87.1 Å². The Balaban J connectivity index is 2.47. The van der Waals surface area contributed by atoms with E-state index in [-0.39, 0.29) is 0 Å². The molecule has 0 aliphatic carbocycles. The molecule has 0 aliphatic rings. The summed E-state index contributed by atoms with van der Waals surface area (Å²) >= 11 is 5.84. The number of aromatic nitrogens is 3. The molecule has 0 amide bonds. The number of hydrogen-bond acceptors (Lipinski definition) is 3. The quantitative estimate of drug-likeness (QED) is 0.752. The van der Waals surface area contributed by atoms with Crippen molar-refractivity contribution in [2.75, 3.05) is 14.1 Å². The zero-order valence-corrected chi connectivity index (χ0v) is 8.86. The van der Waals surface area contributed by atoms with Gasteiger partial charge in [0.1, 0.15) is 0 Å². The maximum Gasteiger partial charge on any atom is 0.162 e. The van der Waals surface area contributed by atoms with Crippen molar-refractivity contribution in [1.29, 1.82) is 0 Å². The monoisotopic (exact) mass is 210 g/mol. The van der Waals surface area contributed by atoms with Gasteiger partial charge in [0.2, 0.25) is 0 Å². The molecule has 0 atom stereocenters. The molecule has 2 aromatic rings. The summed E-state index contributed by atoms with van der Waals surface area (Å²) < 4.78 is 1.94. The van der Waals surface area contributed by atoms with Crippen LogP contribution in [0.25, 0.3) is 5.65 Å². The highest BCUT2D eigenvalue weighted by atomic mass is 35.5. The minimum atomic E-state index is 0.682. The van der Waals surface area contributed by atoms with E-state index in [1.165, 1.54) is 0 Å². The van der Waals surface area contributed by atoms with Crippen LogP contribution in [0.2, 0.25) is 5.02 Å². The molecule has 0 unspecified atom stereocenters. The van der Waals surface area contributed by atoms with Gasteiger partial charge in [-0.3, -0.25) is 4.40 Å². The van der Waals surface area contributed by atoms with Gasteiger partial charge in [-0.15, -0.1) is 10.2 Å². The first-order chi connectivity index (χ1) is 6.66. The van der Waals surface area contributed by atoms with Crippen molar-refractivity contribution in [2.45, 2.75) is 6.54 Å². The van der Waals surface area contributed by atoms with Crippen molar-refractivity contribution in [3.63, 3.8) is 0 Å². The molecule has 74 valence electrons. The van der Waals surface area contributed by atoms with Gasteiger partial charge in [-0.05, 0) is 20.2 Å². The Hall–Kier alpha value is -1.13. The van der Waals surface area contributed by atoms with Crippen LogP contribution in [-0.4, -0.2) is 33.6 Å². The Kier molecular flexibility index (Phi) is 2.39. The molecule has 0 spiro atoms. The molecule has 14 heavy (non-hydrogen) atoms. The van der Waals surface area contributed by atoms with Crippen molar-refractivity contribution in [3.05, 3.63) is 29.2 Å². The molecule has 2 rings (SSSR count). The highest BCUT2D eigenvalue weighted by Gasteiger charge is 2.05. The molecule has 0 radical (unpaired) electrons. The maximum atomic E-state index is 5.84. The van der Waals surface area contributed by atoms with Gasteiger partial charge in [0.05, 0.1) is 6.54 Å². The first-order valence-corrected chi connectivity index (χ1v) is 4.68. The molecule has 0 aliphatic heterocycles. The topological polar surface area (TPSA) is 33.4 Å². The number of fused-ring (bicyclic) bond motifs is 1. The lowest BCUT2D eigenvalue weighted by Crippen LogP contribution is -2.13. The first-order valence-electron chi connectivity index (χ1n) is 4.31. The molecule has 0 N–H and O–H groups in total. The van der Waals surface area contributed by atoms with Gasteiger partial charge < -0.3 is 4.90 Å². The molecule has 0 fully saturated rings. The van der Waals surface area contributed by atoms with Gasteiger partial charge >= 0.3 is 0 Å². The smallest absolute Gasteiger partial charge is 0.162 e. The van der Waals surface area contributed by atoms with E-state index in [1.807, 2.05) is 35.7 Å². The number of hydrogen-bond donors (Lipinski definition) is 0. The lowest BCUT2D eigenvalue weighted by atomic mass is 10.4. The molecule has 0 saturated heterocycles. The van der Waals surface area contributed by atoms with Crippen LogP contribution >= 0.6 is 11.6 Å². The third-order valence-electron chi connectivity index (χ3n) is 1.90. The van der Waals surface area contributed by atoms with Gasteiger partial charge in [-0.2, -0.15) is 0 Å². The van der Waals surface area contributed by atoms with E-state index in [0.29, 0.717) is 5.02 Å². The van der Waals surface area contributed by atoms with Crippen molar-refractivity contribution in [1.82, 2.24) is 19.5 Å². The van der Waals surface area contributed by atoms with Crippen LogP contribution in [0.1, 0.15) is 5.82 Å². The van der Waals surface area contributed by atoms with Crippen molar-refractivity contribution >= 4 is 17.2 Å². The largest absolute Gasteiger partial charge is 0.302 e. The summed E-state index contributed by atoms with van der Waals surface area (Å²) in [4.78, 5) is 2.05. The van der Waals surface area contributed by atoms with Crippen molar-refractivity contribution in [2.24, 2.45) is 0 Å². The lowest BCUT2D eigenvalue weighted by molar-refractivity contribution is 0.388. The zero-order chi connectivity index (χ0) is 10.1. The van der Waals surface area contributed by atoms with E-state index in [1.54, 1.807) is 6.07 Å². The van der Waals surface area contributed by atoms with Crippen LogP contribution in [0.3, 0.4) is 0 Å². The first kappa shape index (κ1) is 9.43. The third-order valence-corrected chi connectivity index (χ3v) is 2.14. The average molecular weight is 211 g/mol. The number of rotatable bonds is 2. The summed E-state index contributed by atoms with van der Waals surface area (Å²) in [7, 11) is 3.99. The molecule has 5 heteroatoms. The number of halogens is 1. The van der Waals surface area contributed by atoms with Crippen molar-refractivity contribution < 1.29 is 0 Å². The molecule has 4 nitrogen and oxygen atoms in total. The number of pyridine rings is 1. The second-order valence-corrected chi connectivity index (χ2v) is 3.86. The SMILES string of the molecule is CN(C)Cc1nnc2cc(Cl)ccn12. The second-order valence-electron chi connectivity index (χ2n) is 3.43. The lowest BCUT2D eigenvalue weighted by Gasteiger charge is -2.06. The van der Waals surface area contributed by atoms with E-state index in [2.05, 4.69) is 10.2 Å².